The normalized spacial score (nSPS) is 10.5. The number of nitrogens with zero attached hydrogens (tertiary/aromatic N) is 2. The summed E-state index contributed by atoms with van der Waals surface area (Å²) in [5.74, 6) is 0.589. The number of nitrogens with one attached hydrogen (secondary N) is 1. The molecule has 1 aromatic heterocycles. The van der Waals surface area contributed by atoms with Gasteiger partial charge in [0, 0.05) is 12.8 Å². The third kappa shape index (κ3) is 4.24. The van der Waals surface area contributed by atoms with Crippen molar-refractivity contribution in [1.82, 2.24) is 10.1 Å². The minimum absolute atomic E-state index is 0.100. The molecule has 0 saturated heterocycles. The Kier molecular flexibility index (Phi) is 5.58. The maximum absolute atomic E-state index is 13.5. The molecule has 7 heteroatoms. The summed E-state index contributed by atoms with van der Waals surface area (Å²) in [6.07, 6.45) is 0.354. The van der Waals surface area contributed by atoms with E-state index < -0.39 is 5.82 Å². The first-order chi connectivity index (χ1) is 12.7. The Morgan fingerprint density at radius 3 is 2.77 bits per heavy atom. The molecule has 26 heavy (non-hydrogen) atoms. The van der Waals surface area contributed by atoms with Crippen molar-refractivity contribution in [2.45, 2.75) is 19.8 Å². The minimum Gasteiger partial charge on any atom is -0.493 e. The standard InChI is InChI=1S/C19H18FN3O3/c1-2-25-16-10-6-3-7-13(16)19-22-18(26-23-19)12-11-17(24)21-15-9-5-4-8-14(15)20/h3-10H,2,11-12H2,1H3,(H,21,24). The molecule has 134 valence electrons. The lowest BCUT2D eigenvalue weighted by Gasteiger charge is -2.06. The largest absolute Gasteiger partial charge is 0.493 e. The summed E-state index contributed by atoms with van der Waals surface area (Å²) in [5.41, 5.74) is 0.870. The van der Waals surface area contributed by atoms with E-state index in [0.717, 1.165) is 5.56 Å². The van der Waals surface area contributed by atoms with E-state index in [1.807, 2.05) is 31.2 Å². The number of aromatic nitrogens is 2. The van der Waals surface area contributed by atoms with Crippen molar-refractivity contribution < 1.29 is 18.4 Å². The number of carbonyl (C=O) groups excluding carboxylic acids is 1. The van der Waals surface area contributed by atoms with Crippen molar-refractivity contribution in [2.75, 3.05) is 11.9 Å². The highest BCUT2D eigenvalue weighted by Crippen LogP contribution is 2.27. The molecule has 3 rings (SSSR count). The fraction of sp³-hybridized carbons (Fsp3) is 0.211. The Labute approximate surface area is 150 Å². The number of amides is 1. The highest BCUT2D eigenvalue weighted by molar-refractivity contribution is 5.90. The Morgan fingerprint density at radius 2 is 1.96 bits per heavy atom. The molecule has 1 heterocycles. The summed E-state index contributed by atoms with van der Waals surface area (Å²) in [6.45, 7) is 2.42. The van der Waals surface area contributed by atoms with Crippen LogP contribution in [0.15, 0.2) is 53.1 Å². The predicted octanol–water partition coefficient (Wildman–Crippen LogP) is 3.85. The number of halogens is 1. The summed E-state index contributed by atoms with van der Waals surface area (Å²) in [4.78, 5) is 16.3. The summed E-state index contributed by atoms with van der Waals surface area (Å²) in [5, 5.41) is 6.47. The lowest BCUT2D eigenvalue weighted by molar-refractivity contribution is -0.116. The van der Waals surface area contributed by atoms with Crippen molar-refractivity contribution in [2.24, 2.45) is 0 Å². The van der Waals surface area contributed by atoms with E-state index >= 15 is 0 Å². The van der Waals surface area contributed by atoms with Crippen LogP contribution in [0.3, 0.4) is 0 Å². The van der Waals surface area contributed by atoms with Crippen molar-refractivity contribution >= 4 is 11.6 Å². The van der Waals surface area contributed by atoms with Crippen LogP contribution < -0.4 is 10.1 Å². The quantitative estimate of drug-likeness (QED) is 0.697. The lowest BCUT2D eigenvalue weighted by Crippen LogP contribution is -2.13. The molecule has 0 fully saturated rings. The van der Waals surface area contributed by atoms with Crippen LogP contribution in [0, 0.1) is 5.82 Å². The second-order valence-electron chi connectivity index (χ2n) is 5.47. The highest BCUT2D eigenvalue weighted by Gasteiger charge is 2.14. The second-order valence-corrected chi connectivity index (χ2v) is 5.47. The zero-order valence-corrected chi connectivity index (χ0v) is 14.2. The van der Waals surface area contributed by atoms with Crippen molar-refractivity contribution in [3.8, 4) is 17.1 Å². The van der Waals surface area contributed by atoms with E-state index in [9.17, 15) is 9.18 Å². The molecule has 0 spiro atoms. The van der Waals surface area contributed by atoms with Gasteiger partial charge in [0.1, 0.15) is 11.6 Å². The van der Waals surface area contributed by atoms with Crippen LogP contribution in [0.5, 0.6) is 5.75 Å². The fourth-order valence-corrected chi connectivity index (χ4v) is 2.39. The Hall–Kier alpha value is -3.22. The van der Waals surface area contributed by atoms with Gasteiger partial charge in [-0.3, -0.25) is 4.79 Å². The average molecular weight is 355 g/mol. The molecule has 2 aromatic carbocycles. The molecular weight excluding hydrogens is 337 g/mol. The van der Waals surface area contributed by atoms with Crippen LogP contribution in [0.1, 0.15) is 19.2 Å². The number of benzene rings is 2. The van der Waals surface area contributed by atoms with Gasteiger partial charge in [0.2, 0.25) is 17.6 Å². The summed E-state index contributed by atoms with van der Waals surface area (Å²) in [7, 11) is 0. The molecule has 0 aliphatic rings. The lowest BCUT2D eigenvalue weighted by atomic mass is 10.2. The number of hydrogen-bond acceptors (Lipinski definition) is 5. The third-order valence-electron chi connectivity index (χ3n) is 3.61. The Morgan fingerprint density at radius 1 is 1.19 bits per heavy atom. The molecule has 0 aliphatic heterocycles. The number of aryl methyl sites for hydroxylation is 1. The zero-order chi connectivity index (χ0) is 18.4. The van der Waals surface area contributed by atoms with Gasteiger partial charge in [-0.25, -0.2) is 4.39 Å². The van der Waals surface area contributed by atoms with Crippen molar-refractivity contribution in [1.29, 1.82) is 0 Å². The Balaban J connectivity index is 1.62. The van der Waals surface area contributed by atoms with E-state index in [4.69, 9.17) is 9.26 Å². The molecule has 0 aliphatic carbocycles. The number of hydrogen-bond donors (Lipinski definition) is 1. The first-order valence-electron chi connectivity index (χ1n) is 8.26. The molecule has 0 radical (unpaired) electrons. The maximum Gasteiger partial charge on any atom is 0.227 e. The van der Waals surface area contributed by atoms with E-state index in [0.29, 0.717) is 24.1 Å². The van der Waals surface area contributed by atoms with Gasteiger partial charge >= 0.3 is 0 Å². The van der Waals surface area contributed by atoms with Crippen molar-refractivity contribution in [3.63, 3.8) is 0 Å². The SMILES string of the molecule is CCOc1ccccc1-c1noc(CCC(=O)Nc2ccccc2F)n1. The molecule has 0 atom stereocenters. The van der Waals surface area contributed by atoms with Crippen LogP contribution in [-0.2, 0) is 11.2 Å². The number of anilines is 1. The zero-order valence-electron chi connectivity index (χ0n) is 14.2. The minimum atomic E-state index is -0.478. The summed E-state index contributed by atoms with van der Waals surface area (Å²) < 4.78 is 24.3. The van der Waals surface area contributed by atoms with Gasteiger partial charge in [0.05, 0.1) is 17.9 Å². The molecule has 6 nitrogen and oxygen atoms in total. The van der Waals surface area contributed by atoms with Crippen LogP contribution >= 0.6 is 0 Å². The van der Waals surface area contributed by atoms with Crippen LogP contribution in [-0.4, -0.2) is 22.7 Å². The van der Waals surface area contributed by atoms with Gasteiger partial charge in [-0.15, -0.1) is 0 Å². The van der Waals surface area contributed by atoms with E-state index in [-0.39, 0.29) is 24.4 Å². The molecule has 1 amide bonds. The van der Waals surface area contributed by atoms with Gasteiger partial charge in [-0.05, 0) is 31.2 Å². The fourth-order valence-electron chi connectivity index (χ4n) is 2.39. The van der Waals surface area contributed by atoms with Gasteiger partial charge < -0.3 is 14.6 Å². The smallest absolute Gasteiger partial charge is 0.227 e. The van der Waals surface area contributed by atoms with Gasteiger partial charge in [0.25, 0.3) is 0 Å². The van der Waals surface area contributed by atoms with Crippen LogP contribution in [0.4, 0.5) is 10.1 Å². The number of rotatable bonds is 7. The first kappa shape index (κ1) is 17.6. The van der Waals surface area contributed by atoms with E-state index in [2.05, 4.69) is 15.5 Å². The molecule has 0 saturated carbocycles. The van der Waals surface area contributed by atoms with Crippen LogP contribution in [0.2, 0.25) is 0 Å². The number of ether oxygens (including phenoxy) is 1. The monoisotopic (exact) mass is 355 g/mol. The van der Waals surface area contributed by atoms with Gasteiger partial charge in [0.15, 0.2) is 0 Å². The van der Waals surface area contributed by atoms with E-state index in [1.54, 1.807) is 12.1 Å². The highest BCUT2D eigenvalue weighted by atomic mass is 19.1. The summed E-state index contributed by atoms with van der Waals surface area (Å²) >= 11 is 0. The van der Waals surface area contributed by atoms with E-state index in [1.165, 1.54) is 12.1 Å². The second kappa shape index (κ2) is 8.24. The maximum atomic E-state index is 13.5. The third-order valence-corrected chi connectivity index (χ3v) is 3.61. The average Bonchev–Trinajstić information content (AvgIpc) is 3.12. The molecule has 0 bridgehead atoms. The topological polar surface area (TPSA) is 77.2 Å². The van der Waals surface area contributed by atoms with Gasteiger partial charge in [-0.2, -0.15) is 4.98 Å². The van der Waals surface area contributed by atoms with Crippen molar-refractivity contribution in [3.05, 3.63) is 60.2 Å². The molecule has 3 aromatic rings. The first-order valence-corrected chi connectivity index (χ1v) is 8.26. The summed E-state index contributed by atoms with van der Waals surface area (Å²) in [6, 6.07) is 13.4. The predicted molar refractivity (Wildman–Crippen MR) is 94.3 cm³/mol. The molecule has 0 unspecified atom stereocenters. The van der Waals surface area contributed by atoms with Crippen LogP contribution in [0.25, 0.3) is 11.4 Å². The molecule has 1 N–H and O–H groups in total. The van der Waals surface area contributed by atoms with Gasteiger partial charge in [-0.1, -0.05) is 29.4 Å². The number of carbonyl (C=O) groups is 1. The Bertz CT molecular complexity index is 895. The molecular formula is C19H18FN3O3. The number of para-hydroxylation sites is 2.